The Hall–Kier alpha value is -0.710. The van der Waals surface area contributed by atoms with Gasteiger partial charge in [0.15, 0.2) is 6.19 Å². The molecular weight excluding hydrogens is 124 g/mol. The summed E-state index contributed by atoms with van der Waals surface area (Å²) in [4.78, 5) is 1.88. The molecular formula is C8H14N2. The minimum Gasteiger partial charge on any atom is -0.308 e. The summed E-state index contributed by atoms with van der Waals surface area (Å²) >= 11 is 0. The SMILES string of the molecule is CC1CCN(C#N)C(C)C1. The highest BCUT2D eigenvalue weighted by molar-refractivity contribution is 4.84. The van der Waals surface area contributed by atoms with E-state index in [1.807, 2.05) is 4.90 Å². The lowest BCUT2D eigenvalue weighted by atomic mass is 9.94. The zero-order valence-electron chi connectivity index (χ0n) is 6.67. The van der Waals surface area contributed by atoms with E-state index in [2.05, 4.69) is 20.0 Å². The van der Waals surface area contributed by atoms with Crippen molar-refractivity contribution < 1.29 is 0 Å². The van der Waals surface area contributed by atoms with Crippen LogP contribution in [0.2, 0.25) is 0 Å². The summed E-state index contributed by atoms with van der Waals surface area (Å²) in [5, 5.41) is 8.62. The third-order valence-electron chi connectivity index (χ3n) is 2.27. The number of nitrogens with zero attached hydrogens (tertiary/aromatic N) is 2. The summed E-state index contributed by atoms with van der Waals surface area (Å²) in [6.07, 6.45) is 4.56. The lowest BCUT2D eigenvalue weighted by Gasteiger charge is -2.32. The van der Waals surface area contributed by atoms with E-state index < -0.39 is 0 Å². The molecule has 2 nitrogen and oxygen atoms in total. The Morgan fingerprint density at radius 2 is 2.20 bits per heavy atom. The van der Waals surface area contributed by atoms with E-state index >= 15 is 0 Å². The zero-order valence-corrected chi connectivity index (χ0v) is 6.67. The van der Waals surface area contributed by atoms with Gasteiger partial charge >= 0.3 is 0 Å². The first-order chi connectivity index (χ1) is 4.74. The number of likely N-dealkylation sites (tertiary alicyclic amines) is 1. The topological polar surface area (TPSA) is 27.0 Å². The summed E-state index contributed by atoms with van der Waals surface area (Å²) in [6.45, 7) is 5.34. The maximum Gasteiger partial charge on any atom is 0.179 e. The molecule has 0 N–H and O–H groups in total. The largest absolute Gasteiger partial charge is 0.308 e. The molecule has 0 aromatic heterocycles. The smallest absolute Gasteiger partial charge is 0.179 e. The monoisotopic (exact) mass is 138 g/mol. The molecule has 1 aliphatic rings. The van der Waals surface area contributed by atoms with Gasteiger partial charge in [-0.15, -0.1) is 0 Å². The van der Waals surface area contributed by atoms with Crippen LogP contribution in [0.5, 0.6) is 0 Å². The van der Waals surface area contributed by atoms with Crippen LogP contribution < -0.4 is 0 Å². The summed E-state index contributed by atoms with van der Waals surface area (Å²) < 4.78 is 0. The lowest BCUT2D eigenvalue weighted by molar-refractivity contribution is 0.195. The van der Waals surface area contributed by atoms with Gasteiger partial charge < -0.3 is 4.90 Å². The Morgan fingerprint density at radius 3 is 2.70 bits per heavy atom. The second kappa shape index (κ2) is 2.92. The second-order valence-corrected chi connectivity index (χ2v) is 3.27. The second-order valence-electron chi connectivity index (χ2n) is 3.27. The fraction of sp³-hybridized carbons (Fsp3) is 0.875. The van der Waals surface area contributed by atoms with Crippen LogP contribution in [-0.4, -0.2) is 17.5 Å². The molecule has 0 radical (unpaired) electrons. The number of hydrogen-bond acceptors (Lipinski definition) is 2. The van der Waals surface area contributed by atoms with Crippen molar-refractivity contribution in [3.8, 4) is 6.19 Å². The molecule has 56 valence electrons. The quantitative estimate of drug-likeness (QED) is 0.475. The van der Waals surface area contributed by atoms with Gasteiger partial charge in [0.25, 0.3) is 0 Å². The van der Waals surface area contributed by atoms with Gasteiger partial charge in [0.1, 0.15) is 0 Å². The molecule has 0 bridgehead atoms. The molecule has 1 heterocycles. The average molecular weight is 138 g/mol. The Bertz CT molecular complexity index is 148. The minimum absolute atomic E-state index is 0.466. The first-order valence-electron chi connectivity index (χ1n) is 3.90. The van der Waals surface area contributed by atoms with Crippen LogP contribution in [0.3, 0.4) is 0 Å². The van der Waals surface area contributed by atoms with Crippen molar-refractivity contribution in [3.63, 3.8) is 0 Å². The molecule has 1 saturated heterocycles. The van der Waals surface area contributed by atoms with Crippen LogP contribution in [0.15, 0.2) is 0 Å². The number of hydrogen-bond donors (Lipinski definition) is 0. The van der Waals surface area contributed by atoms with E-state index in [0.29, 0.717) is 6.04 Å². The predicted molar refractivity (Wildman–Crippen MR) is 40.2 cm³/mol. The van der Waals surface area contributed by atoms with Gasteiger partial charge in [-0.3, -0.25) is 0 Å². The first-order valence-corrected chi connectivity index (χ1v) is 3.90. The number of piperidine rings is 1. The van der Waals surface area contributed by atoms with Crippen LogP contribution in [-0.2, 0) is 0 Å². The van der Waals surface area contributed by atoms with E-state index in [4.69, 9.17) is 5.26 Å². The number of nitriles is 1. The summed E-state index contributed by atoms with van der Waals surface area (Å²) in [5.41, 5.74) is 0. The highest BCUT2D eigenvalue weighted by Gasteiger charge is 2.20. The first kappa shape index (κ1) is 7.40. The van der Waals surface area contributed by atoms with Crippen molar-refractivity contribution in [2.75, 3.05) is 6.54 Å². The molecule has 1 rings (SSSR count). The summed E-state index contributed by atoms with van der Waals surface area (Å²) in [6, 6.07) is 0.466. The van der Waals surface area contributed by atoms with Crippen molar-refractivity contribution in [2.45, 2.75) is 32.7 Å². The zero-order chi connectivity index (χ0) is 7.56. The predicted octanol–water partition coefficient (Wildman–Crippen LogP) is 1.59. The molecule has 0 aromatic carbocycles. The Morgan fingerprint density at radius 1 is 1.50 bits per heavy atom. The Labute approximate surface area is 62.4 Å². The van der Waals surface area contributed by atoms with Crippen LogP contribution in [0.4, 0.5) is 0 Å². The molecule has 1 fully saturated rings. The highest BCUT2D eigenvalue weighted by atomic mass is 15.1. The van der Waals surface area contributed by atoms with Crippen LogP contribution in [0.25, 0.3) is 0 Å². The fourth-order valence-corrected chi connectivity index (χ4v) is 1.56. The average Bonchev–Trinajstić information content (AvgIpc) is 1.88. The third kappa shape index (κ3) is 1.41. The molecule has 0 saturated carbocycles. The van der Waals surface area contributed by atoms with Crippen molar-refractivity contribution in [1.29, 1.82) is 5.26 Å². The van der Waals surface area contributed by atoms with Crippen molar-refractivity contribution in [2.24, 2.45) is 5.92 Å². The van der Waals surface area contributed by atoms with E-state index in [0.717, 1.165) is 12.5 Å². The van der Waals surface area contributed by atoms with Gasteiger partial charge in [0.2, 0.25) is 0 Å². The molecule has 0 aliphatic carbocycles. The van der Waals surface area contributed by atoms with E-state index in [9.17, 15) is 0 Å². The maximum absolute atomic E-state index is 8.62. The minimum atomic E-state index is 0.466. The summed E-state index contributed by atoms with van der Waals surface area (Å²) in [5.74, 6) is 0.805. The Balaban J connectivity index is 2.45. The molecule has 1 aliphatic heterocycles. The van der Waals surface area contributed by atoms with Crippen molar-refractivity contribution in [1.82, 2.24) is 4.90 Å². The fourth-order valence-electron chi connectivity index (χ4n) is 1.56. The molecule has 0 spiro atoms. The highest BCUT2D eigenvalue weighted by Crippen LogP contribution is 2.20. The van der Waals surface area contributed by atoms with Gasteiger partial charge in [-0.1, -0.05) is 6.92 Å². The van der Waals surface area contributed by atoms with E-state index in [1.165, 1.54) is 12.8 Å². The van der Waals surface area contributed by atoms with E-state index in [-0.39, 0.29) is 0 Å². The van der Waals surface area contributed by atoms with Gasteiger partial charge in [-0.05, 0) is 25.7 Å². The van der Waals surface area contributed by atoms with Crippen LogP contribution >= 0.6 is 0 Å². The van der Waals surface area contributed by atoms with Gasteiger partial charge in [0.05, 0.1) is 0 Å². The molecule has 2 heteroatoms. The van der Waals surface area contributed by atoms with Gasteiger partial charge in [0, 0.05) is 12.6 Å². The third-order valence-corrected chi connectivity index (χ3v) is 2.27. The van der Waals surface area contributed by atoms with Gasteiger partial charge in [-0.25, -0.2) is 0 Å². The molecule has 2 unspecified atom stereocenters. The molecule has 0 amide bonds. The van der Waals surface area contributed by atoms with Crippen molar-refractivity contribution >= 4 is 0 Å². The Kier molecular flexibility index (Phi) is 2.16. The molecule has 0 aromatic rings. The number of rotatable bonds is 0. The van der Waals surface area contributed by atoms with Crippen LogP contribution in [0.1, 0.15) is 26.7 Å². The maximum atomic E-state index is 8.62. The van der Waals surface area contributed by atoms with Crippen LogP contribution in [0, 0.1) is 17.4 Å². The van der Waals surface area contributed by atoms with Gasteiger partial charge in [-0.2, -0.15) is 5.26 Å². The van der Waals surface area contributed by atoms with E-state index in [1.54, 1.807) is 0 Å². The standard InChI is InChI=1S/C8H14N2/c1-7-3-4-10(6-9)8(2)5-7/h7-8H,3-5H2,1-2H3. The summed E-state index contributed by atoms with van der Waals surface area (Å²) in [7, 11) is 0. The lowest BCUT2D eigenvalue weighted by Crippen LogP contribution is -2.36. The molecule has 10 heavy (non-hydrogen) atoms. The normalized spacial score (nSPS) is 33.5. The molecule has 2 atom stereocenters. The van der Waals surface area contributed by atoms with Crippen molar-refractivity contribution in [3.05, 3.63) is 0 Å².